The van der Waals surface area contributed by atoms with Gasteiger partial charge in [0.2, 0.25) is 0 Å². The molecular weight excluding hydrogens is 224 g/mol. The van der Waals surface area contributed by atoms with E-state index in [4.69, 9.17) is 9.47 Å². The van der Waals surface area contributed by atoms with Crippen LogP contribution in [0.1, 0.15) is 46.5 Å². The van der Waals surface area contributed by atoms with Crippen LogP contribution >= 0.6 is 0 Å². The smallest absolute Gasteiger partial charge is 0.0547 e. The lowest BCUT2D eigenvalue weighted by atomic mass is 9.63. The van der Waals surface area contributed by atoms with Crippen LogP contribution < -0.4 is 0 Å². The quantitative estimate of drug-likeness (QED) is 0.763. The predicted molar refractivity (Wildman–Crippen MR) is 74.6 cm³/mol. The number of hydrogen-bond acceptors (Lipinski definition) is 2. The van der Waals surface area contributed by atoms with Gasteiger partial charge in [-0.25, -0.2) is 0 Å². The van der Waals surface area contributed by atoms with Gasteiger partial charge in [0.15, 0.2) is 0 Å². The Balaban J connectivity index is 2.07. The van der Waals surface area contributed by atoms with E-state index in [0.29, 0.717) is 12.0 Å². The fourth-order valence-corrected chi connectivity index (χ4v) is 4.25. The van der Waals surface area contributed by atoms with Gasteiger partial charge >= 0.3 is 0 Å². The Labute approximate surface area is 112 Å². The molecule has 2 heteroatoms. The molecule has 2 aliphatic rings. The number of hydrogen-bond donors (Lipinski definition) is 0. The van der Waals surface area contributed by atoms with E-state index >= 15 is 0 Å². The monoisotopic (exact) mass is 254 g/mol. The Kier molecular flexibility index (Phi) is 5.08. The summed E-state index contributed by atoms with van der Waals surface area (Å²) in [6.45, 7) is 8.92. The Hall–Kier alpha value is -0.0800. The second kappa shape index (κ2) is 6.38. The highest BCUT2D eigenvalue weighted by atomic mass is 16.5. The summed E-state index contributed by atoms with van der Waals surface area (Å²) in [6.07, 6.45) is 5.83. The van der Waals surface area contributed by atoms with Crippen LogP contribution in [0.25, 0.3) is 0 Å². The third-order valence-corrected chi connectivity index (χ3v) is 5.43. The lowest BCUT2D eigenvalue weighted by Gasteiger charge is -2.43. The van der Waals surface area contributed by atoms with Crippen molar-refractivity contribution < 1.29 is 9.47 Å². The van der Waals surface area contributed by atoms with Crippen molar-refractivity contribution in [1.82, 2.24) is 0 Å². The summed E-state index contributed by atoms with van der Waals surface area (Å²) in [5, 5.41) is 0. The molecule has 0 spiro atoms. The van der Waals surface area contributed by atoms with E-state index in [1.54, 1.807) is 0 Å². The Morgan fingerprint density at radius 2 is 1.89 bits per heavy atom. The Bertz CT molecular complexity index is 253. The highest BCUT2D eigenvalue weighted by Gasteiger charge is 2.41. The second-order valence-electron chi connectivity index (χ2n) is 6.70. The fraction of sp³-hybridized carbons (Fsp3) is 1.00. The summed E-state index contributed by atoms with van der Waals surface area (Å²) in [5.41, 5.74) is 0. The SMILES string of the molecule is COCC(C)C1CC[C@@H](C)C2CCC(C)OCC12. The molecule has 1 aliphatic carbocycles. The number of rotatable bonds is 3. The molecule has 1 saturated heterocycles. The first-order valence-corrected chi connectivity index (χ1v) is 7.74. The molecule has 0 aromatic heterocycles. The number of ether oxygens (including phenoxy) is 2. The summed E-state index contributed by atoms with van der Waals surface area (Å²) in [4.78, 5) is 0. The van der Waals surface area contributed by atoms with Gasteiger partial charge < -0.3 is 9.47 Å². The third kappa shape index (κ3) is 3.08. The predicted octanol–water partition coefficient (Wildman–Crippen LogP) is 3.75. The van der Waals surface area contributed by atoms with Crippen LogP contribution in [0.15, 0.2) is 0 Å². The minimum Gasteiger partial charge on any atom is -0.384 e. The van der Waals surface area contributed by atoms with Crippen LogP contribution in [0, 0.1) is 29.6 Å². The maximum Gasteiger partial charge on any atom is 0.0547 e. The zero-order valence-corrected chi connectivity index (χ0v) is 12.5. The van der Waals surface area contributed by atoms with Gasteiger partial charge in [-0.3, -0.25) is 0 Å². The molecule has 1 saturated carbocycles. The van der Waals surface area contributed by atoms with Gasteiger partial charge in [-0.1, -0.05) is 20.3 Å². The molecule has 18 heavy (non-hydrogen) atoms. The van der Waals surface area contributed by atoms with Crippen molar-refractivity contribution in [1.29, 1.82) is 0 Å². The third-order valence-electron chi connectivity index (χ3n) is 5.43. The van der Waals surface area contributed by atoms with E-state index in [1.165, 1.54) is 25.7 Å². The number of fused-ring (bicyclic) bond motifs is 1. The molecule has 1 aliphatic heterocycles. The molecule has 1 heterocycles. The maximum atomic E-state index is 6.04. The first-order chi connectivity index (χ1) is 8.63. The minimum absolute atomic E-state index is 0.459. The van der Waals surface area contributed by atoms with Crippen LogP contribution in [0.2, 0.25) is 0 Å². The van der Waals surface area contributed by atoms with Gasteiger partial charge in [-0.15, -0.1) is 0 Å². The van der Waals surface area contributed by atoms with E-state index in [1.807, 2.05) is 7.11 Å². The summed E-state index contributed by atoms with van der Waals surface area (Å²) in [5.74, 6) is 4.01. The van der Waals surface area contributed by atoms with Crippen LogP contribution in [-0.2, 0) is 9.47 Å². The zero-order valence-electron chi connectivity index (χ0n) is 12.5. The van der Waals surface area contributed by atoms with E-state index in [9.17, 15) is 0 Å². The summed E-state index contributed by atoms with van der Waals surface area (Å²) < 4.78 is 11.4. The van der Waals surface area contributed by atoms with Crippen molar-refractivity contribution in [3.05, 3.63) is 0 Å². The second-order valence-corrected chi connectivity index (χ2v) is 6.70. The van der Waals surface area contributed by atoms with E-state index < -0.39 is 0 Å². The van der Waals surface area contributed by atoms with Gasteiger partial charge in [0.25, 0.3) is 0 Å². The van der Waals surface area contributed by atoms with Gasteiger partial charge in [-0.2, -0.15) is 0 Å². The van der Waals surface area contributed by atoms with Crippen molar-refractivity contribution in [2.75, 3.05) is 20.3 Å². The van der Waals surface area contributed by atoms with Gasteiger partial charge in [0.05, 0.1) is 12.7 Å². The number of methoxy groups -OCH3 is 1. The zero-order chi connectivity index (χ0) is 13.1. The lowest BCUT2D eigenvalue weighted by Crippen LogP contribution is -2.39. The molecule has 5 unspecified atom stereocenters. The lowest BCUT2D eigenvalue weighted by molar-refractivity contribution is -0.0201. The van der Waals surface area contributed by atoms with E-state index in [-0.39, 0.29) is 0 Å². The van der Waals surface area contributed by atoms with Crippen molar-refractivity contribution in [2.24, 2.45) is 29.6 Å². The van der Waals surface area contributed by atoms with Crippen LogP contribution in [-0.4, -0.2) is 26.4 Å². The van der Waals surface area contributed by atoms with E-state index in [0.717, 1.165) is 36.9 Å². The molecule has 6 atom stereocenters. The summed E-state index contributed by atoms with van der Waals surface area (Å²) in [7, 11) is 1.82. The van der Waals surface area contributed by atoms with Crippen molar-refractivity contribution in [2.45, 2.75) is 52.6 Å². The average Bonchev–Trinajstić information content (AvgIpc) is 2.53. The maximum absolute atomic E-state index is 6.04. The average molecular weight is 254 g/mol. The summed E-state index contributed by atoms with van der Waals surface area (Å²) in [6, 6.07) is 0. The highest BCUT2D eigenvalue weighted by Crippen LogP contribution is 2.45. The van der Waals surface area contributed by atoms with Crippen molar-refractivity contribution >= 4 is 0 Å². The molecule has 0 amide bonds. The van der Waals surface area contributed by atoms with Gasteiger partial charge in [0.1, 0.15) is 0 Å². The largest absolute Gasteiger partial charge is 0.384 e. The molecule has 2 rings (SSSR count). The molecule has 0 radical (unpaired) electrons. The molecule has 2 fully saturated rings. The highest BCUT2D eigenvalue weighted by molar-refractivity contribution is 4.89. The standard InChI is InChI=1S/C16H30O2/c1-11-5-7-15(12(2)9-17-4)16-10-18-13(3)6-8-14(11)16/h11-16H,5-10H2,1-4H3/t11-,12?,13?,14?,15?,16?/m1/s1. The normalized spacial score (nSPS) is 43.0. The van der Waals surface area contributed by atoms with Gasteiger partial charge in [0, 0.05) is 13.7 Å². The van der Waals surface area contributed by atoms with Crippen molar-refractivity contribution in [3.63, 3.8) is 0 Å². The van der Waals surface area contributed by atoms with Crippen LogP contribution in [0.3, 0.4) is 0 Å². The van der Waals surface area contributed by atoms with Gasteiger partial charge in [-0.05, 0) is 55.8 Å². The minimum atomic E-state index is 0.459. The first-order valence-electron chi connectivity index (χ1n) is 7.74. The van der Waals surface area contributed by atoms with E-state index in [2.05, 4.69) is 20.8 Å². The first kappa shape index (κ1) is 14.3. The molecule has 0 aromatic carbocycles. The molecule has 2 nitrogen and oxygen atoms in total. The Morgan fingerprint density at radius 1 is 1.11 bits per heavy atom. The molecule has 0 bridgehead atoms. The topological polar surface area (TPSA) is 18.5 Å². The van der Waals surface area contributed by atoms with Crippen LogP contribution in [0.5, 0.6) is 0 Å². The summed E-state index contributed by atoms with van der Waals surface area (Å²) >= 11 is 0. The van der Waals surface area contributed by atoms with Crippen molar-refractivity contribution in [3.8, 4) is 0 Å². The molecule has 106 valence electrons. The molecule has 0 aromatic rings. The van der Waals surface area contributed by atoms with Crippen LogP contribution in [0.4, 0.5) is 0 Å². The molecule has 0 N–H and O–H groups in total. The Morgan fingerprint density at radius 3 is 2.61 bits per heavy atom. The molecular formula is C16H30O2. The fourth-order valence-electron chi connectivity index (χ4n) is 4.25.